The lowest BCUT2D eigenvalue weighted by atomic mass is 10.0. The summed E-state index contributed by atoms with van der Waals surface area (Å²) in [6, 6.07) is 15.3. The van der Waals surface area contributed by atoms with E-state index in [0.717, 1.165) is 33.6 Å². The molecule has 2 aromatic carbocycles. The van der Waals surface area contributed by atoms with Gasteiger partial charge in [-0.25, -0.2) is 0 Å². The van der Waals surface area contributed by atoms with Gasteiger partial charge in [0.2, 0.25) is 0 Å². The van der Waals surface area contributed by atoms with Gasteiger partial charge in [-0.15, -0.1) is 0 Å². The van der Waals surface area contributed by atoms with Gasteiger partial charge in [-0.05, 0) is 37.1 Å². The molecule has 0 amide bonds. The molecule has 3 rings (SSSR count). The zero-order valence-electron chi connectivity index (χ0n) is 14.5. The Morgan fingerprint density at radius 3 is 2.65 bits per heavy atom. The first-order valence-corrected chi connectivity index (χ1v) is 8.82. The summed E-state index contributed by atoms with van der Waals surface area (Å²) in [5.74, 6) is 0. The molecular weight excluding hydrogens is 364 g/mol. The number of nitrogens with two attached hydrogens (primary N) is 1. The fraction of sp³-hybridized carbons (Fsp3) is 0.150. The maximum atomic E-state index is 9.06. The van der Waals surface area contributed by atoms with Crippen molar-refractivity contribution in [2.75, 3.05) is 0 Å². The number of benzene rings is 2. The van der Waals surface area contributed by atoms with Gasteiger partial charge in [-0.2, -0.15) is 10.4 Å². The summed E-state index contributed by atoms with van der Waals surface area (Å²) in [6.45, 7) is 4.55. The molecule has 2 N–H and O–H groups in total. The average Bonchev–Trinajstić information content (AvgIpc) is 2.88. The van der Waals surface area contributed by atoms with Crippen molar-refractivity contribution in [1.29, 1.82) is 5.26 Å². The zero-order chi connectivity index (χ0) is 18.8. The zero-order valence-corrected chi connectivity index (χ0v) is 16.0. The smallest absolute Gasteiger partial charge is 0.104 e. The fourth-order valence-corrected chi connectivity index (χ4v) is 3.51. The molecule has 0 fully saturated rings. The van der Waals surface area contributed by atoms with E-state index in [1.807, 2.05) is 54.9 Å². The Hall–Kier alpha value is -2.68. The van der Waals surface area contributed by atoms with Crippen molar-refractivity contribution in [1.82, 2.24) is 9.78 Å². The highest BCUT2D eigenvalue weighted by molar-refractivity contribution is 7.80. The lowest BCUT2D eigenvalue weighted by Gasteiger charge is -2.10. The quantitative estimate of drug-likeness (QED) is 0.682. The molecule has 0 saturated carbocycles. The van der Waals surface area contributed by atoms with E-state index in [2.05, 4.69) is 11.2 Å². The van der Waals surface area contributed by atoms with Gasteiger partial charge in [0.15, 0.2) is 0 Å². The molecule has 6 heteroatoms. The van der Waals surface area contributed by atoms with E-state index in [1.54, 1.807) is 6.07 Å². The molecule has 130 valence electrons. The lowest BCUT2D eigenvalue weighted by molar-refractivity contribution is 0.658. The van der Waals surface area contributed by atoms with Gasteiger partial charge >= 0.3 is 0 Å². The topological polar surface area (TPSA) is 67.6 Å². The van der Waals surface area contributed by atoms with Crippen LogP contribution in [-0.2, 0) is 6.54 Å². The molecule has 3 aromatic rings. The Kier molecular flexibility index (Phi) is 5.08. The van der Waals surface area contributed by atoms with Crippen molar-refractivity contribution < 1.29 is 0 Å². The number of nitrogens with zero attached hydrogens (tertiary/aromatic N) is 3. The van der Waals surface area contributed by atoms with Gasteiger partial charge < -0.3 is 5.73 Å². The molecule has 0 atom stereocenters. The van der Waals surface area contributed by atoms with E-state index in [0.29, 0.717) is 22.1 Å². The van der Waals surface area contributed by atoms with Crippen LogP contribution in [0.4, 0.5) is 0 Å². The van der Waals surface area contributed by atoms with E-state index in [9.17, 15) is 0 Å². The van der Waals surface area contributed by atoms with Crippen molar-refractivity contribution in [2.24, 2.45) is 5.73 Å². The van der Waals surface area contributed by atoms with Crippen molar-refractivity contribution >= 4 is 28.8 Å². The highest BCUT2D eigenvalue weighted by Crippen LogP contribution is 2.30. The van der Waals surface area contributed by atoms with E-state index in [1.165, 1.54) is 0 Å². The molecule has 1 heterocycles. The van der Waals surface area contributed by atoms with Gasteiger partial charge in [-0.3, -0.25) is 4.68 Å². The minimum absolute atomic E-state index is 0.376. The third-order valence-corrected chi connectivity index (χ3v) is 4.90. The molecule has 4 nitrogen and oxygen atoms in total. The monoisotopic (exact) mass is 380 g/mol. The number of hydrogen-bond acceptors (Lipinski definition) is 3. The minimum Gasteiger partial charge on any atom is -0.389 e. The standard InChI is InChI=1S/C20H17ClN4S/c1-12-19(14-7-8-15(10-22)18(21)9-14)13(2)25(24-12)11-16-5-3-4-6-17(16)20(23)26/h3-9H,11H2,1-2H3,(H2,23,26). The normalized spacial score (nSPS) is 10.5. The van der Waals surface area contributed by atoms with Crippen LogP contribution in [0, 0.1) is 25.2 Å². The van der Waals surface area contributed by atoms with Gasteiger partial charge in [0.05, 0.1) is 22.8 Å². The van der Waals surface area contributed by atoms with Crippen LogP contribution < -0.4 is 5.73 Å². The Labute approximate surface area is 162 Å². The van der Waals surface area contributed by atoms with E-state index in [-0.39, 0.29) is 0 Å². The molecule has 26 heavy (non-hydrogen) atoms. The van der Waals surface area contributed by atoms with E-state index in [4.69, 9.17) is 34.8 Å². The summed E-state index contributed by atoms with van der Waals surface area (Å²) in [5.41, 5.74) is 12.1. The maximum absolute atomic E-state index is 9.06. The molecule has 0 aliphatic rings. The van der Waals surface area contributed by atoms with Crippen LogP contribution in [0.3, 0.4) is 0 Å². The number of nitriles is 1. The van der Waals surface area contributed by atoms with Crippen molar-refractivity contribution in [3.8, 4) is 17.2 Å². The van der Waals surface area contributed by atoms with Crippen LogP contribution in [0.15, 0.2) is 42.5 Å². The van der Waals surface area contributed by atoms with Crippen LogP contribution in [0.1, 0.15) is 28.1 Å². The summed E-state index contributed by atoms with van der Waals surface area (Å²) >= 11 is 11.3. The second-order valence-electron chi connectivity index (χ2n) is 6.03. The molecule has 0 aliphatic carbocycles. The number of halogens is 1. The summed E-state index contributed by atoms with van der Waals surface area (Å²) in [4.78, 5) is 0.376. The minimum atomic E-state index is 0.376. The molecule has 0 radical (unpaired) electrons. The van der Waals surface area contributed by atoms with Crippen molar-refractivity contribution in [3.05, 3.63) is 75.6 Å². The van der Waals surface area contributed by atoms with Crippen molar-refractivity contribution in [3.63, 3.8) is 0 Å². The molecule has 0 unspecified atom stereocenters. The molecule has 0 saturated heterocycles. The molecule has 0 aliphatic heterocycles. The first-order chi connectivity index (χ1) is 12.4. The van der Waals surface area contributed by atoms with Gasteiger partial charge in [0.25, 0.3) is 0 Å². The number of aryl methyl sites for hydroxylation is 1. The number of hydrogen-bond donors (Lipinski definition) is 1. The van der Waals surface area contributed by atoms with Gasteiger partial charge in [0.1, 0.15) is 11.1 Å². The second kappa shape index (κ2) is 7.28. The predicted molar refractivity (Wildman–Crippen MR) is 108 cm³/mol. The van der Waals surface area contributed by atoms with Gasteiger partial charge in [-0.1, -0.05) is 54.2 Å². The highest BCUT2D eigenvalue weighted by Gasteiger charge is 2.16. The third kappa shape index (κ3) is 3.34. The molecule has 0 spiro atoms. The van der Waals surface area contributed by atoms with E-state index < -0.39 is 0 Å². The predicted octanol–water partition coefficient (Wildman–Crippen LogP) is 4.37. The number of rotatable bonds is 4. The lowest BCUT2D eigenvalue weighted by Crippen LogP contribution is -2.14. The Balaban J connectivity index is 2.03. The van der Waals surface area contributed by atoms with Crippen LogP contribution in [0.5, 0.6) is 0 Å². The van der Waals surface area contributed by atoms with Crippen molar-refractivity contribution in [2.45, 2.75) is 20.4 Å². The summed E-state index contributed by atoms with van der Waals surface area (Å²) in [7, 11) is 0. The average molecular weight is 381 g/mol. The fourth-order valence-electron chi connectivity index (χ4n) is 3.09. The third-order valence-electron chi connectivity index (χ3n) is 4.36. The van der Waals surface area contributed by atoms with Crippen LogP contribution in [0.25, 0.3) is 11.1 Å². The molecular formula is C20H17ClN4S. The summed E-state index contributed by atoms with van der Waals surface area (Å²) in [5, 5.41) is 14.2. The summed E-state index contributed by atoms with van der Waals surface area (Å²) < 4.78 is 1.94. The Morgan fingerprint density at radius 1 is 1.27 bits per heavy atom. The first-order valence-electron chi connectivity index (χ1n) is 8.04. The Bertz CT molecular complexity index is 1050. The molecule has 0 bridgehead atoms. The van der Waals surface area contributed by atoms with E-state index >= 15 is 0 Å². The maximum Gasteiger partial charge on any atom is 0.104 e. The SMILES string of the molecule is Cc1nn(Cc2ccccc2C(N)=S)c(C)c1-c1ccc(C#N)c(Cl)c1. The van der Waals surface area contributed by atoms with Crippen LogP contribution in [-0.4, -0.2) is 14.8 Å². The Morgan fingerprint density at radius 2 is 2.00 bits per heavy atom. The first kappa shape index (κ1) is 18.1. The second-order valence-corrected chi connectivity index (χ2v) is 6.88. The number of thiocarbonyl (C=S) groups is 1. The summed E-state index contributed by atoms with van der Waals surface area (Å²) in [6.07, 6.45) is 0. The van der Waals surface area contributed by atoms with Crippen LogP contribution >= 0.6 is 23.8 Å². The highest BCUT2D eigenvalue weighted by atomic mass is 35.5. The molecule has 1 aromatic heterocycles. The number of aromatic nitrogens is 2. The largest absolute Gasteiger partial charge is 0.389 e. The van der Waals surface area contributed by atoms with Crippen LogP contribution in [0.2, 0.25) is 5.02 Å². The van der Waals surface area contributed by atoms with Gasteiger partial charge in [0, 0.05) is 16.8 Å².